The van der Waals surface area contributed by atoms with E-state index >= 15 is 0 Å². The zero-order valence-corrected chi connectivity index (χ0v) is 19.6. The lowest BCUT2D eigenvalue weighted by Crippen LogP contribution is -2.43. The van der Waals surface area contributed by atoms with Gasteiger partial charge in [-0.05, 0) is 61.7 Å². The van der Waals surface area contributed by atoms with Crippen LogP contribution in [-0.4, -0.2) is 43.3 Å². The summed E-state index contributed by atoms with van der Waals surface area (Å²) >= 11 is 1.39. The number of hydrogen-bond donors (Lipinski definition) is 2. The normalized spacial score (nSPS) is 17.2. The number of thiazole rings is 1. The van der Waals surface area contributed by atoms with E-state index < -0.39 is 10.0 Å². The zero-order valence-electron chi connectivity index (χ0n) is 18.0. The first-order chi connectivity index (χ1) is 15.4. The second kappa shape index (κ2) is 9.43. The first-order valence-electron chi connectivity index (χ1n) is 10.5. The van der Waals surface area contributed by atoms with E-state index in [2.05, 4.69) is 15.8 Å². The second-order valence-corrected chi connectivity index (χ2v) is 10.6. The molecular formula is C22H26N4O4S2. The number of aromatic nitrogens is 1. The average Bonchev–Trinajstić information content (AvgIpc) is 3.24. The molecule has 2 aromatic carbocycles. The van der Waals surface area contributed by atoms with Crippen molar-refractivity contribution in [1.82, 2.24) is 14.7 Å². The van der Waals surface area contributed by atoms with Crippen LogP contribution in [0.3, 0.4) is 0 Å². The monoisotopic (exact) mass is 474 g/mol. The van der Waals surface area contributed by atoms with Gasteiger partial charge in [-0.3, -0.25) is 15.6 Å². The Hall–Kier alpha value is -2.69. The van der Waals surface area contributed by atoms with Crippen LogP contribution in [0.4, 0.5) is 5.13 Å². The maximum absolute atomic E-state index is 13.1. The lowest BCUT2D eigenvalue weighted by Gasteiger charge is -2.34. The number of nitrogens with zero attached hydrogens (tertiary/aromatic N) is 2. The molecule has 1 aromatic heterocycles. The van der Waals surface area contributed by atoms with Gasteiger partial charge in [0.1, 0.15) is 5.75 Å². The van der Waals surface area contributed by atoms with Crippen molar-refractivity contribution in [1.29, 1.82) is 0 Å². The SMILES string of the molecule is CC[C@@H]1CCCCN1S(=O)(=O)c1ccc(C(=O)NNc2nc3ccc(OC)cc3s2)cc1. The highest BCUT2D eigenvalue weighted by Crippen LogP contribution is 2.29. The van der Waals surface area contributed by atoms with Crippen molar-refractivity contribution in [2.75, 3.05) is 19.1 Å². The van der Waals surface area contributed by atoms with E-state index in [-0.39, 0.29) is 16.8 Å². The fourth-order valence-corrected chi connectivity index (χ4v) is 6.49. The van der Waals surface area contributed by atoms with Crippen LogP contribution in [0.15, 0.2) is 47.4 Å². The maximum atomic E-state index is 13.1. The van der Waals surface area contributed by atoms with Crippen LogP contribution in [0.2, 0.25) is 0 Å². The summed E-state index contributed by atoms with van der Waals surface area (Å²) < 4.78 is 33.9. The number of rotatable bonds is 7. The third-order valence-electron chi connectivity index (χ3n) is 5.65. The summed E-state index contributed by atoms with van der Waals surface area (Å²) in [6.45, 7) is 2.56. The fraction of sp³-hybridized carbons (Fsp3) is 0.364. The number of piperidine rings is 1. The number of carbonyl (C=O) groups excluding carboxylic acids is 1. The number of sulfonamides is 1. The summed E-state index contributed by atoms with van der Waals surface area (Å²) in [5.74, 6) is 0.358. The van der Waals surface area contributed by atoms with Crippen LogP contribution in [0.5, 0.6) is 5.75 Å². The molecule has 170 valence electrons. The number of benzene rings is 2. The molecule has 1 saturated heterocycles. The number of nitrogens with one attached hydrogen (secondary N) is 2. The number of ether oxygens (including phenoxy) is 1. The molecule has 0 spiro atoms. The van der Waals surface area contributed by atoms with Gasteiger partial charge in [0, 0.05) is 18.2 Å². The molecule has 0 radical (unpaired) electrons. The molecule has 0 bridgehead atoms. The maximum Gasteiger partial charge on any atom is 0.269 e. The first-order valence-corrected chi connectivity index (χ1v) is 12.8. The van der Waals surface area contributed by atoms with Crippen LogP contribution in [0, 0.1) is 0 Å². The quantitative estimate of drug-likeness (QED) is 0.502. The second-order valence-electron chi connectivity index (χ2n) is 7.63. The summed E-state index contributed by atoms with van der Waals surface area (Å²) in [7, 11) is -1.97. The molecule has 3 aromatic rings. The Morgan fingerprint density at radius 1 is 1.22 bits per heavy atom. The smallest absolute Gasteiger partial charge is 0.269 e. The Morgan fingerprint density at radius 3 is 2.72 bits per heavy atom. The summed E-state index contributed by atoms with van der Waals surface area (Å²) in [5.41, 5.74) is 6.58. The predicted octanol–water partition coefficient (Wildman–Crippen LogP) is 4.02. The van der Waals surface area contributed by atoms with Gasteiger partial charge in [-0.2, -0.15) is 4.31 Å². The highest BCUT2D eigenvalue weighted by Gasteiger charge is 2.32. The summed E-state index contributed by atoms with van der Waals surface area (Å²) in [5, 5.41) is 0.538. The van der Waals surface area contributed by atoms with Gasteiger partial charge in [-0.1, -0.05) is 24.7 Å². The fourth-order valence-electron chi connectivity index (χ4n) is 3.88. The third kappa shape index (κ3) is 4.57. The van der Waals surface area contributed by atoms with E-state index in [1.54, 1.807) is 11.4 Å². The average molecular weight is 475 g/mol. The van der Waals surface area contributed by atoms with Gasteiger partial charge in [-0.15, -0.1) is 0 Å². The Morgan fingerprint density at radius 2 is 2.00 bits per heavy atom. The number of carbonyl (C=O) groups is 1. The molecule has 4 rings (SSSR count). The lowest BCUT2D eigenvalue weighted by molar-refractivity contribution is 0.0962. The first kappa shape index (κ1) is 22.5. The van der Waals surface area contributed by atoms with E-state index in [1.165, 1.54) is 35.6 Å². The minimum absolute atomic E-state index is 0.0368. The molecule has 10 heteroatoms. The standard InChI is InChI=1S/C22H26N4O4S2/c1-3-16-6-4-5-13-26(16)32(28,29)18-10-7-15(8-11-18)21(27)24-25-22-23-19-12-9-17(30-2)14-20(19)31-22/h7-12,14,16H,3-6,13H2,1-2H3,(H,23,25)(H,24,27)/t16-/m1/s1. The Balaban J connectivity index is 1.43. The van der Waals surface area contributed by atoms with E-state index in [0.29, 0.717) is 17.2 Å². The molecule has 0 aliphatic carbocycles. The number of hydrazine groups is 1. The Labute approximate surface area is 191 Å². The molecule has 0 saturated carbocycles. The highest BCUT2D eigenvalue weighted by molar-refractivity contribution is 7.89. The number of amides is 1. The van der Waals surface area contributed by atoms with Crippen molar-refractivity contribution in [3.63, 3.8) is 0 Å². The molecule has 0 unspecified atom stereocenters. The van der Waals surface area contributed by atoms with Crippen LogP contribution >= 0.6 is 11.3 Å². The Bertz CT molecular complexity index is 1210. The van der Waals surface area contributed by atoms with E-state index in [9.17, 15) is 13.2 Å². The van der Waals surface area contributed by atoms with E-state index in [4.69, 9.17) is 4.74 Å². The predicted molar refractivity (Wildman–Crippen MR) is 126 cm³/mol. The molecular weight excluding hydrogens is 448 g/mol. The number of methoxy groups -OCH3 is 1. The van der Waals surface area contributed by atoms with Crippen LogP contribution in [0.1, 0.15) is 43.0 Å². The van der Waals surface area contributed by atoms with Crippen molar-refractivity contribution < 1.29 is 17.9 Å². The van der Waals surface area contributed by atoms with Gasteiger partial charge in [0.05, 0.1) is 22.2 Å². The van der Waals surface area contributed by atoms with Crippen molar-refractivity contribution in [2.24, 2.45) is 0 Å². The number of anilines is 1. The largest absolute Gasteiger partial charge is 0.497 e. The van der Waals surface area contributed by atoms with Gasteiger partial charge in [0.2, 0.25) is 15.2 Å². The summed E-state index contributed by atoms with van der Waals surface area (Å²) in [6.07, 6.45) is 3.61. The third-order valence-corrected chi connectivity index (χ3v) is 8.55. The Kier molecular flexibility index (Phi) is 6.63. The van der Waals surface area contributed by atoms with Crippen molar-refractivity contribution in [3.8, 4) is 5.75 Å². The topological polar surface area (TPSA) is 101 Å². The van der Waals surface area contributed by atoms with Crippen LogP contribution in [0.25, 0.3) is 10.2 Å². The molecule has 8 nitrogen and oxygen atoms in total. The van der Waals surface area contributed by atoms with Gasteiger partial charge in [0.15, 0.2) is 0 Å². The minimum atomic E-state index is -3.57. The van der Waals surface area contributed by atoms with Gasteiger partial charge >= 0.3 is 0 Å². The molecule has 1 atom stereocenters. The molecule has 32 heavy (non-hydrogen) atoms. The number of hydrogen-bond acceptors (Lipinski definition) is 7. The van der Waals surface area contributed by atoms with Gasteiger partial charge in [0.25, 0.3) is 5.91 Å². The lowest BCUT2D eigenvalue weighted by atomic mass is 10.0. The van der Waals surface area contributed by atoms with Crippen molar-refractivity contribution in [3.05, 3.63) is 48.0 Å². The molecule has 2 heterocycles. The molecule has 1 amide bonds. The minimum Gasteiger partial charge on any atom is -0.497 e. The summed E-state index contributed by atoms with van der Waals surface area (Å²) in [6, 6.07) is 11.6. The molecule has 1 aliphatic rings. The van der Waals surface area contributed by atoms with Gasteiger partial charge in [-0.25, -0.2) is 13.4 Å². The number of fused-ring (bicyclic) bond motifs is 1. The molecule has 1 fully saturated rings. The van der Waals surface area contributed by atoms with Gasteiger partial charge < -0.3 is 4.74 Å². The van der Waals surface area contributed by atoms with Crippen LogP contribution in [-0.2, 0) is 10.0 Å². The van der Waals surface area contributed by atoms with E-state index in [1.807, 2.05) is 25.1 Å². The molecule has 1 aliphatic heterocycles. The van der Waals surface area contributed by atoms with E-state index in [0.717, 1.165) is 41.6 Å². The summed E-state index contributed by atoms with van der Waals surface area (Å²) in [4.78, 5) is 17.1. The van der Waals surface area contributed by atoms with Crippen LogP contribution < -0.4 is 15.6 Å². The molecule has 2 N–H and O–H groups in total. The van der Waals surface area contributed by atoms with Crippen molar-refractivity contribution >= 4 is 42.6 Å². The zero-order chi connectivity index (χ0) is 22.7. The van der Waals surface area contributed by atoms with Crippen molar-refractivity contribution in [2.45, 2.75) is 43.5 Å². The highest BCUT2D eigenvalue weighted by atomic mass is 32.2.